The molecule has 0 saturated carbocycles. The quantitative estimate of drug-likeness (QED) is 0.845. The predicted molar refractivity (Wildman–Crippen MR) is 89.2 cm³/mol. The van der Waals surface area contributed by atoms with Crippen LogP contribution in [0.3, 0.4) is 0 Å². The molecule has 0 unspecified atom stereocenters. The van der Waals surface area contributed by atoms with Gasteiger partial charge < -0.3 is 14.4 Å². The molecule has 2 aliphatic heterocycles. The summed E-state index contributed by atoms with van der Waals surface area (Å²) in [5.41, 5.74) is 1.29. The van der Waals surface area contributed by atoms with Gasteiger partial charge >= 0.3 is 0 Å². The summed E-state index contributed by atoms with van der Waals surface area (Å²) in [5.74, 6) is 0.532. The zero-order valence-corrected chi connectivity index (χ0v) is 14.1. The van der Waals surface area contributed by atoms with Gasteiger partial charge in [-0.2, -0.15) is 0 Å². The standard InChI is InChI=1S/C18H20N4O3/c1-13-6-14(9-20-8-13)17(23)22-11-18(12-22)7-15(2-5-24-18)25-16-10-19-3-4-21-16/h3-4,6,8-10,15H,2,5,7,11-12H2,1H3/t15-/m0/s1. The van der Waals surface area contributed by atoms with Crippen LogP contribution in [0.4, 0.5) is 0 Å². The molecule has 1 amide bonds. The molecule has 2 aliphatic rings. The van der Waals surface area contributed by atoms with E-state index in [4.69, 9.17) is 9.47 Å². The van der Waals surface area contributed by atoms with Gasteiger partial charge in [0.15, 0.2) is 0 Å². The third-order valence-corrected chi connectivity index (χ3v) is 4.64. The SMILES string of the molecule is Cc1cncc(C(=O)N2CC3(C[C@@H](Oc4cnccn4)CCO3)C2)c1. The molecule has 4 rings (SSSR count). The first-order valence-electron chi connectivity index (χ1n) is 8.41. The molecular weight excluding hydrogens is 320 g/mol. The number of carbonyl (C=O) groups excluding carboxylic acids is 1. The highest BCUT2D eigenvalue weighted by molar-refractivity contribution is 5.94. The third-order valence-electron chi connectivity index (χ3n) is 4.64. The molecule has 7 nitrogen and oxygen atoms in total. The van der Waals surface area contributed by atoms with E-state index in [-0.39, 0.29) is 17.6 Å². The van der Waals surface area contributed by atoms with Crippen molar-refractivity contribution >= 4 is 5.91 Å². The van der Waals surface area contributed by atoms with Crippen LogP contribution < -0.4 is 4.74 Å². The van der Waals surface area contributed by atoms with Gasteiger partial charge in [0.25, 0.3) is 5.91 Å². The Balaban J connectivity index is 1.37. The average molecular weight is 340 g/mol. The summed E-state index contributed by atoms with van der Waals surface area (Å²) in [6.07, 6.45) is 9.80. The minimum absolute atomic E-state index is 0.00222. The molecule has 2 aromatic rings. The van der Waals surface area contributed by atoms with Gasteiger partial charge in [0, 0.05) is 37.6 Å². The summed E-state index contributed by atoms with van der Waals surface area (Å²) < 4.78 is 11.9. The molecule has 0 radical (unpaired) electrons. The van der Waals surface area contributed by atoms with Crippen LogP contribution in [0.25, 0.3) is 0 Å². The second-order valence-corrected chi connectivity index (χ2v) is 6.72. The highest BCUT2D eigenvalue weighted by Crippen LogP contribution is 2.36. The minimum Gasteiger partial charge on any atom is -0.473 e. The normalized spacial score (nSPS) is 21.6. The maximum Gasteiger partial charge on any atom is 0.255 e. The van der Waals surface area contributed by atoms with Gasteiger partial charge in [-0.1, -0.05) is 0 Å². The number of aryl methyl sites for hydroxylation is 1. The molecular formula is C18H20N4O3. The van der Waals surface area contributed by atoms with Crippen molar-refractivity contribution in [1.29, 1.82) is 0 Å². The van der Waals surface area contributed by atoms with E-state index in [1.807, 2.05) is 13.0 Å². The van der Waals surface area contributed by atoms with E-state index in [0.29, 0.717) is 31.1 Å². The molecule has 130 valence electrons. The number of hydrogen-bond acceptors (Lipinski definition) is 6. The molecule has 7 heteroatoms. The molecule has 1 atom stereocenters. The summed E-state index contributed by atoms with van der Waals surface area (Å²) in [6, 6.07) is 1.86. The summed E-state index contributed by atoms with van der Waals surface area (Å²) in [7, 11) is 0. The number of pyridine rings is 1. The summed E-state index contributed by atoms with van der Waals surface area (Å²) in [4.78, 5) is 26.6. The van der Waals surface area contributed by atoms with Crippen LogP contribution in [-0.4, -0.2) is 57.2 Å². The Morgan fingerprint density at radius 2 is 2.16 bits per heavy atom. The molecule has 0 bridgehead atoms. The van der Waals surface area contributed by atoms with Gasteiger partial charge in [-0.3, -0.25) is 14.8 Å². The minimum atomic E-state index is -0.308. The second-order valence-electron chi connectivity index (χ2n) is 6.72. The largest absolute Gasteiger partial charge is 0.473 e. The van der Waals surface area contributed by atoms with E-state index >= 15 is 0 Å². The molecule has 2 aromatic heterocycles. The lowest BCUT2D eigenvalue weighted by atomic mass is 9.84. The van der Waals surface area contributed by atoms with Crippen LogP contribution in [0.5, 0.6) is 5.88 Å². The van der Waals surface area contributed by atoms with Crippen molar-refractivity contribution in [2.45, 2.75) is 31.5 Å². The zero-order valence-electron chi connectivity index (χ0n) is 14.1. The molecule has 0 N–H and O–H groups in total. The Morgan fingerprint density at radius 3 is 2.92 bits per heavy atom. The van der Waals surface area contributed by atoms with E-state index in [1.165, 1.54) is 0 Å². The number of rotatable bonds is 3. The molecule has 4 heterocycles. The van der Waals surface area contributed by atoms with Gasteiger partial charge in [0.05, 0.1) is 31.5 Å². The first kappa shape index (κ1) is 16.0. The van der Waals surface area contributed by atoms with Crippen molar-refractivity contribution in [2.75, 3.05) is 19.7 Å². The van der Waals surface area contributed by atoms with Gasteiger partial charge in [0.2, 0.25) is 5.88 Å². The van der Waals surface area contributed by atoms with Gasteiger partial charge in [-0.05, 0) is 18.6 Å². The van der Waals surface area contributed by atoms with Crippen molar-refractivity contribution in [3.8, 4) is 5.88 Å². The molecule has 25 heavy (non-hydrogen) atoms. The third kappa shape index (κ3) is 3.32. The van der Waals surface area contributed by atoms with E-state index in [0.717, 1.165) is 18.4 Å². The van der Waals surface area contributed by atoms with Crippen LogP contribution in [0, 0.1) is 6.92 Å². The maximum atomic E-state index is 12.6. The van der Waals surface area contributed by atoms with Crippen LogP contribution in [0.1, 0.15) is 28.8 Å². The van der Waals surface area contributed by atoms with Gasteiger partial charge in [-0.15, -0.1) is 0 Å². The Hall–Kier alpha value is -2.54. The van der Waals surface area contributed by atoms with Crippen molar-refractivity contribution < 1.29 is 14.3 Å². The van der Waals surface area contributed by atoms with Gasteiger partial charge in [-0.25, -0.2) is 4.98 Å². The number of hydrogen-bond donors (Lipinski definition) is 0. The van der Waals surface area contributed by atoms with Crippen molar-refractivity contribution in [1.82, 2.24) is 19.9 Å². The van der Waals surface area contributed by atoms with E-state index < -0.39 is 0 Å². The molecule has 1 spiro atoms. The van der Waals surface area contributed by atoms with Crippen LogP contribution in [0.15, 0.2) is 37.1 Å². The number of likely N-dealkylation sites (tertiary alicyclic amines) is 1. The fraction of sp³-hybridized carbons (Fsp3) is 0.444. The number of aromatic nitrogens is 3. The molecule has 2 fully saturated rings. The van der Waals surface area contributed by atoms with Gasteiger partial charge in [0.1, 0.15) is 11.7 Å². The van der Waals surface area contributed by atoms with E-state index in [2.05, 4.69) is 15.0 Å². The first-order chi connectivity index (χ1) is 12.1. The summed E-state index contributed by atoms with van der Waals surface area (Å²) in [5, 5.41) is 0. The van der Waals surface area contributed by atoms with Crippen molar-refractivity contribution in [3.05, 3.63) is 48.2 Å². The topological polar surface area (TPSA) is 77.4 Å². The number of ether oxygens (including phenoxy) is 2. The first-order valence-corrected chi connectivity index (χ1v) is 8.41. The molecule has 0 aromatic carbocycles. The van der Waals surface area contributed by atoms with Crippen molar-refractivity contribution in [2.24, 2.45) is 0 Å². The average Bonchev–Trinajstić information content (AvgIpc) is 2.60. The Bertz CT molecular complexity index is 762. The summed E-state index contributed by atoms with van der Waals surface area (Å²) in [6.45, 7) is 3.72. The Labute approximate surface area is 146 Å². The fourth-order valence-electron chi connectivity index (χ4n) is 3.47. The Morgan fingerprint density at radius 1 is 1.28 bits per heavy atom. The lowest BCUT2D eigenvalue weighted by Gasteiger charge is -2.52. The predicted octanol–water partition coefficient (Wildman–Crippen LogP) is 1.63. The lowest BCUT2D eigenvalue weighted by Crippen LogP contribution is -2.67. The fourth-order valence-corrected chi connectivity index (χ4v) is 3.47. The maximum absolute atomic E-state index is 12.6. The number of amides is 1. The van der Waals surface area contributed by atoms with Crippen LogP contribution in [-0.2, 0) is 4.74 Å². The zero-order chi connectivity index (χ0) is 17.3. The molecule has 2 saturated heterocycles. The van der Waals surface area contributed by atoms with E-state index in [1.54, 1.807) is 35.9 Å². The highest BCUT2D eigenvalue weighted by Gasteiger charge is 2.50. The second kappa shape index (κ2) is 6.40. The molecule has 0 aliphatic carbocycles. The highest BCUT2D eigenvalue weighted by atomic mass is 16.5. The smallest absolute Gasteiger partial charge is 0.255 e. The van der Waals surface area contributed by atoms with E-state index in [9.17, 15) is 4.79 Å². The summed E-state index contributed by atoms with van der Waals surface area (Å²) >= 11 is 0. The lowest BCUT2D eigenvalue weighted by molar-refractivity contribution is -0.174. The monoisotopic (exact) mass is 340 g/mol. The van der Waals surface area contributed by atoms with Crippen LogP contribution >= 0.6 is 0 Å². The van der Waals surface area contributed by atoms with Crippen molar-refractivity contribution in [3.63, 3.8) is 0 Å². The number of carbonyl (C=O) groups is 1. The van der Waals surface area contributed by atoms with Crippen LogP contribution in [0.2, 0.25) is 0 Å². The number of nitrogens with zero attached hydrogens (tertiary/aromatic N) is 4. The Kier molecular flexibility index (Phi) is 4.09.